The minimum atomic E-state index is -0.694. The highest BCUT2D eigenvalue weighted by molar-refractivity contribution is 5.66. The maximum atomic E-state index is 10.6. The first-order chi connectivity index (χ1) is 8.16. The highest BCUT2D eigenvalue weighted by Gasteiger charge is 2.47. The number of hydrogen-bond donors (Lipinski definition) is 1. The lowest BCUT2D eigenvalue weighted by Gasteiger charge is -2.29. The topological polar surface area (TPSA) is 49.8 Å². The van der Waals surface area contributed by atoms with E-state index in [4.69, 9.17) is 9.84 Å². The van der Waals surface area contributed by atoms with Gasteiger partial charge in [-0.1, -0.05) is 12.8 Å². The van der Waals surface area contributed by atoms with Crippen molar-refractivity contribution in [3.05, 3.63) is 0 Å². The van der Waals surface area contributed by atoms with E-state index >= 15 is 0 Å². The van der Waals surface area contributed by atoms with Gasteiger partial charge in [-0.2, -0.15) is 0 Å². The van der Waals surface area contributed by atoms with Crippen LogP contribution in [0.4, 0.5) is 0 Å². The van der Waals surface area contributed by atoms with E-state index in [-0.39, 0.29) is 6.42 Å². The fourth-order valence-electron chi connectivity index (χ4n) is 3.64. The number of nitrogens with zero attached hydrogens (tertiary/aromatic N) is 1. The summed E-state index contributed by atoms with van der Waals surface area (Å²) < 4.78 is 5.34. The van der Waals surface area contributed by atoms with Crippen LogP contribution in [0.15, 0.2) is 0 Å². The zero-order valence-electron chi connectivity index (χ0n) is 10.7. The molecule has 1 saturated carbocycles. The highest BCUT2D eigenvalue weighted by atomic mass is 16.5. The first-order valence-electron chi connectivity index (χ1n) is 6.59. The normalized spacial score (nSPS) is 27.9. The third kappa shape index (κ3) is 2.80. The van der Waals surface area contributed by atoms with Crippen LogP contribution in [0, 0.1) is 11.3 Å². The van der Waals surface area contributed by atoms with Gasteiger partial charge in [-0.3, -0.25) is 4.79 Å². The molecule has 4 heteroatoms. The van der Waals surface area contributed by atoms with Gasteiger partial charge < -0.3 is 14.7 Å². The van der Waals surface area contributed by atoms with Crippen LogP contribution in [-0.2, 0) is 9.53 Å². The number of rotatable bonds is 5. The van der Waals surface area contributed by atoms with Crippen LogP contribution in [0.25, 0.3) is 0 Å². The molecule has 98 valence electrons. The van der Waals surface area contributed by atoms with Crippen LogP contribution in [0.2, 0.25) is 0 Å². The summed E-state index contributed by atoms with van der Waals surface area (Å²) in [4.78, 5) is 12.9. The van der Waals surface area contributed by atoms with Crippen molar-refractivity contribution in [3.63, 3.8) is 0 Å². The number of ether oxygens (including phenoxy) is 1. The van der Waals surface area contributed by atoms with Crippen LogP contribution in [0.3, 0.4) is 0 Å². The van der Waals surface area contributed by atoms with Crippen molar-refractivity contribution in [3.8, 4) is 0 Å². The molecule has 2 fully saturated rings. The van der Waals surface area contributed by atoms with Crippen molar-refractivity contribution in [1.82, 2.24) is 4.90 Å². The summed E-state index contributed by atoms with van der Waals surface area (Å²) in [6.45, 7) is 3.61. The number of carboxylic acid groups (broad SMARTS) is 1. The molecule has 17 heavy (non-hydrogen) atoms. The first kappa shape index (κ1) is 12.8. The van der Waals surface area contributed by atoms with E-state index in [1.54, 1.807) is 7.11 Å². The fraction of sp³-hybridized carbons (Fsp3) is 0.923. The van der Waals surface area contributed by atoms with Crippen LogP contribution >= 0.6 is 0 Å². The Bertz CT molecular complexity index is 274. The van der Waals surface area contributed by atoms with E-state index in [0.717, 1.165) is 19.7 Å². The van der Waals surface area contributed by atoms with Crippen molar-refractivity contribution in [1.29, 1.82) is 0 Å². The Morgan fingerprint density at radius 1 is 1.47 bits per heavy atom. The standard InChI is InChI=1S/C13H23NO3/c1-17-9-11-8-14(7-4-12(15)16)10-13(11)5-2-3-6-13/h11H,2-10H2,1H3,(H,15,16)/t11-/m0/s1. The largest absolute Gasteiger partial charge is 0.481 e. The summed E-state index contributed by atoms with van der Waals surface area (Å²) in [5, 5.41) is 8.75. The second-order valence-electron chi connectivity index (χ2n) is 5.60. The number of likely N-dealkylation sites (tertiary alicyclic amines) is 1. The Morgan fingerprint density at radius 3 is 2.76 bits per heavy atom. The quantitative estimate of drug-likeness (QED) is 0.794. The molecule has 0 unspecified atom stereocenters. The SMILES string of the molecule is COC[C@@H]1CN(CCC(=O)O)CC12CCCC2. The minimum Gasteiger partial charge on any atom is -0.481 e. The zero-order chi connectivity index (χ0) is 12.3. The molecule has 1 N–H and O–H groups in total. The summed E-state index contributed by atoms with van der Waals surface area (Å²) in [5.41, 5.74) is 0.425. The third-order valence-corrected chi connectivity index (χ3v) is 4.49. The number of carboxylic acids is 1. The molecule has 1 atom stereocenters. The van der Waals surface area contributed by atoms with Crippen LogP contribution in [-0.4, -0.2) is 49.3 Å². The minimum absolute atomic E-state index is 0.260. The van der Waals surface area contributed by atoms with Gasteiger partial charge in [-0.25, -0.2) is 0 Å². The van der Waals surface area contributed by atoms with E-state index in [2.05, 4.69) is 4.90 Å². The summed E-state index contributed by atoms with van der Waals surface area (Å²) in [6.07, 6.45) is 5.50. The van der Waals surface area contributed by atoms with Gasteiger partial charge in [-0.05, 0) is 18.3 Å². The molecule has 0 bridgehead atoms. The monoisotopic (exact) mass is 241 g/mol. The second-order valence-corrected chi connectivity index (χ2v) is 5.60. The summed E-state index contributed by atoms with van der Waals surface area (Å²) in [5.74, 6) is -0.0931. The molecule has 0 aromatic rings. The number of hydrogen-bond acceptors (Lipinski definition) is 3. The molecule has 0 aromatic carbocycles. The van der Waals surface area contributed by atoms with Crippen LogP contribution < -0.4 is 0 Å². The Balaban J connectivity index is 1.94. The molecule has 2 aliphatic rings. The van der Waals surface area contributed by atoms with Crippen LogP contribution in [0.5, 0.6) is 0 Å². The van der Waals surface area contributed by atoms with E-state index in [1.165, 1.54) is 25.7 Å². The summed E-state index contributed by atoms with van der Waals surface area (Å²) >= 11 is 0. The Hall–Kier alpha value is -0.610. The fourth-order valence-corrected chi connectivity index (χ4v) is 3.64. The van der Waals surface area contributed by atoms with E-state index in [0.29, 0.717) is 17.9 Å². The van der Waals surface area contributed by atoms with E-state index < -0.39 is 5.97 Å². The molecule has 4 nitrogen and oxygen atoms in total. The van der Waals surface area contributed by atoms with Crippen molar-refractivity contribution in [2.75, 3.05) is 33.4 Å². The lowest BCUT2D eigenvalue weighted by molar-refractivity contribution is -0.137. The van der Waals surface area contributed by atoms with Crippen molar-refractivity contribution in [2.24, 2.45) is 11.3 Å². The molecule has 2 rings (SSSR count). The van der Waals surface area contributed by atoms with Gasteiger partial charge in [0, 0.05) is 32.7 Å². The van der Waals surface area contributed by atoms with Gasteiger partial charge in [-0.15, -0.1) is 0 Å². The molecule has 0 aromatic heterocycles. The maximum absolute atomic E-state index is 10.6. The highest BCUT2D eigenvalue weighted by Crippen LogP contribution is 2.49. The lowest BCUT2D eigenvalue weighted by Crippen LogP contribution is -2.30. The van der Waals surface area contributed by atoms with Gasteiger partial charge in [0.05, 0.1) is 13.0 Å². The molecule has 1 saturated heterocycles. The molecule has 1 heterocycles. The van der Waals surface area contributed by atoms with Gasteiger partial charge in [0.2, 0.25) is 0 Å². The predicted octanol–water partition coefficient (Wildman–Crippen LogP) is 1.60. The molecular formula is C13H23NO3. The summed E-state index contributed by atoms with van der Waals surface area (Å²) in [6, 6.07) is 0. The molecule has 1 aliphatic heterocycles. The van der Waals surface area contributed by atoms with Gasteiger partial charge >= 0.3 is 5.97 Å². The Morgan fingerprint density at radius 2 is 2.18 bits per heavy atom. The van der Waals surface area contributed by atoms with E-state index in [9.17, 15) is 4.79 Å². The lowest BCUT2D eigenvalue weighted by atomic mass is 9.77. The molecule has 0 radical (unpaired) electrons. The van der Waals surface area contributed by atoms with Gasteiger partial charge in [0.25, 0.3) is 0 Å². The maximum Gasteiger partial charge on any atom is 0.304 e. The Kier molecular flexibility index (Phi) is 4.05. The van der Waals surface area contributed by atoms with E-state index in [1.807, 2.05) is 0 Å². The third-order valence-electron chi connectivity index (χ3n) is 4.49. The van der Waals surface area contributed by atoms with Gasteiger partial charge in [0.1, 0.15) is 0 Å². The summed E-state index contributed by atoms with van der Waals surface area (Å²) in [7, 11) is 1.77. The molecular weight excluding hydrogens is 218 g/mol. The number of aliphatic carboxylic acids is 1. The number of methoxy groups -OCH3 is 1. The molecule has 0 amide bonds. The predicted molar refractivity (Wildman–Crippen MR) is 65.0 cm³/mol. The average molecular weight is 241 g/mol. The average Bonchev–Trinajstić information content (AvgIpc) is 2.87. The van der Waals surface area contributed by atoms with Crippen molar-refractivity contribution in [2.45, 2.75) is 32.1 Å². The smallest absolute Gasteiger partial charge is 0.304 e. The first-order valence-corrected chi connectivity index (χ1v) is 6.59. The second kappa shape index (κ2) is 5.36. The molecule has 1 spiro atoms. The van der Waals surface area contributed by atoms with Crippen LogP contribution in [0.1, 0.15) is 32.1 Å². The molecule has 1 aliphatic carbocycles. The number of carbonyl (C=O) groups is 1. The van der Waals surface area contributed by atoms with Gasteiger partial charge in [0.15, 0.2) is 0 Å². The Labute approximate surface area is 103 Å². The van der Waals surface area contributed by atoms with Crippen molar-refractivity contribution < 1.29 is 14.6 Å². The van der Waals surface area contributed by atoms with Crippen molar-refractivity contribution >= 4 is 5.97 Å². The zero-order valence-corrected chi connectivity index (χ0v) is 10.7.